The lowest BCUT2D eigenvalue weighted by molar-refractivity contribution is 0.915. The Hall–Kier alpha value is -1.12. The van der Waals surface area contributed by atoms with Crippen molar-refractivity contribution in [1.82, 2.24) is 0 Å². The van der Waals surface area contributed by atoms with Crippen molar-refractivity contribution in [2.24, 2.45) is 0 Å². The Labute approximate surface area is 120 Å². The van der Waals surface area contributed by atoms with Crippen molar-refractivity contribution in [3.63, 3.8) is 0 Å². The zero-order valence-electron chi connectivity index (χ0n) is 12.6. The van der Waals surface area contributed by atoms with Crippen LogP contribution in [0.1, 0.15) is 45.2 Å². The van der Waals surface area contributed by atoms with Gasteiger partial charge < -0.3 is 0 Å². The lowest BCUT2D eigenvalue weighted by atomic mass is 10.0. The first-order chi connectivity index (χ1) is 9.17. The van der Waals surface area contributed by atoms with E-state index in [9.17, 15) is 0 Å². The average molecular weight is 275 g/mol. The molecule has 2 heteroatoms. The molecule has 0 aliphatic carbocycles. The predicted octanol–water partition coefficient (Wildman–Crippen LogP) is 4.92. The van der Waals surface area contributed by atoms with Gasteiger partial charge in [-0.3, -0.25) is 0 Å². The van der Waals surface area contributed by atoms with Crippen LogP contribution in [0.3, 0.4) is 0 Å². The summed E-state index contributed by atoms with van der Waals surface area (Å²) in [5, 5.41) is 8.61. The molecule has 0 amide bonds. The fourth-order valence-corrected chi connectivity index (χ4v) is 2.12. The minimum atomic E-state index is 0.353. The van der Waals surface area contributed by atoms with Crippen LogP contribution in [0.15, 0.2) is 35.9 Å². The van der Waals surface area contributed by atoms with Crippen LogP contribution in [-0.4, -0.2) is 5.66 Å². The minimum absolute atomic E-state index is 0.353. The molecule has 0 radical (unpaired) electrons. The van der Waals surface area contributed by atoms with Crippen molar-refractivity contribution in [2.75, 3.05) is 0 Å². The highest BCUT2D eigenvalue weighted by Crippen LogP contribution is 2.18. The second-order valence-corrected chi connectivity index (χ2v) is 5.20. The van der Waals surface area contributed by atoms with Gasteiger partial charge in [0.15, 0.2) is 0 Å². The largest absolute Gasteiger partial charge is 0.193 e. The summed E-state index contributed by atoms with van der Waals surface area (Å²) in [7, 11) is 2.81. The zero-order chi connectivity index (χ0) is 14.7. The Bertz CT molecular complexity index is 412. The fraction of sp³-hybridized carbons (Fsp3) is 0.471. The molecule has 1 nitrogen and oxygen atoms in total. The zero-order valence-corrected chi connectivity index (χ0v) is 13.8. The van der Waals surface area contributed by atoms with Crippen molar-refractivity contribution in [3.05, 3.63) is 47.0 Å². The summed E-state index contributed by atoms with van der Waals surface area (Å²) in [5.41, 5.74) is 4.21. The van der Waals surface area contributed by atoms with E-state index in [0.717, 1.165) is 18.4 Å². The molecule has 2 atom stereocenters. The van der Waals surface area contributed by atoms with E-state index < -0.39 is 0 Å². The van der Waals surface area contributed by atoms with Crippen LogP contribution in [0, 0.1) is 11.3 Å². The summed E-state index contributed by atoms with van der Waals surface area (Å²) in [6.45, 7) is 8.20. The number of hydrogen-bond donors (Lipinski definition) is 0. The van der Waals surface area contributed by atoms with Gasteiger partial charge in [0.2, 0.25) is 0 Å². The van der Waals surface area contributed by atoms with Gasteiger partial charge in [-0.25, -0.2) is 0 Å². The summed E-state index contributed by atoms with van der Waals surface area (Å²) < 4.78 is 0. The molecule has 0 heterocycles. The van der Waals surface area contributed by atoms with Crippen molar-refractivity contribution in [2.45, 2.75) is 52.6 Å². The van der Waals surface area contributed by atoms with Crippen molar-refractivity contribution in [1.29, 1.82) is 5.26 Å². The highest BCUT2D eigenvalue weighted by Gasteiger charge is 2.05. The van der Waals surface area contributed by atoms with Crippen LogP contribution in [0.5, 0.6) is 0 Å². The molecular weight excluding hydrogens is 249 g/mol. The van der Waals surface area contributed by atoms with Gasteiger partial charge in [0.1, 0.15) is 0 Å². The monoisotopic (exact) mass is 275 g/mol. The van der Waals surface area contributed by atoms with Crippen LogP contribution in [0.2, 0.25) is 0 Å². The van der Waals surface area contributed by atoms with Gasteiger partial charge in [-0.15, -0.1) is 9.24 Å². The quantitative estimate of drug-likeness (QED) is 0.552. The molecule has 0 aromatic heterocycles. The topological polar surface area (TPSA) is 23.8 Å². The average Bonchev–Trinajstić information content (AvgIpc) is 2.44. The van der Waals surface area contributed by atoms with Crippen LogP contribution < -0.4 is 0 Å². The van der Waals surface area contributed by atoms with E-state index in [1.165, 1.54) is 17.5 Å². The molecular formula is C17H26NP. The van der Waals surface area contributed by atoms with E-state index in [1.807, 2.05) is 20.8 Å². The molecule has 2 unspecified atom stereocenters. The SMILES string of the molecule is CC.CCCc1ccc(CC(P)/C(C)=C/C#N)cc1. The molecule has 19 heavy (non-hydrogen) atoms. The molecule has 0 fully saturated rings. The molecule has 1 aromatic rings. The summed E-state index contributed by atoms with van der Waals surface area (Å²) in [6, 6.07) is 10.9. The van der Waals surface area contributed by atoms with Crippen molar-refractivity contribution in [3.8, 4) is 6.07 Å². The molecule has 0 N–H and O–H groups in total. The third kappa shape index (κ3) is 7.14. The third-order valence-electron chi connectivity index (χ3n) is 2.89. The number of nitrogens with zero attached hydrogens (tertiary/aromatic N) is 1. The molecule has 104 valence electrons. The van der Waals surface area contributed by atoms with Crippen LogP contribution in [0.25, 0.3) is 0 Å². The number of hydrogen-bond acceptors (Lipinski definition) is 1. The van der Waals surface area contributed by atoms with Crippen LogP contribution in [0.4, 0.5) is 0 Å². The van der Waals surface area contributed by atoms with E-state index in [0.29, 0.717) is 5.66 Å². The molecule has 0 saturated heterocycles. The highest BCUT2D eigenvalue weighted by atomic mass is 31.0. The lowest BCUT2D eigenvalue weighted by Crippen LogP contribution is -2.04. The molecule has 0 spiro atoms. The van der Waals surface area contributed by atoms with Gasteiger partial charge in [-0.05, 0) is 36.6 Å². The first-order valence-corrected chi connectivity index (χ1v) is 7.73. The number of rotatable bonds is 5. The van der Waals surface area contributed by atoms with Gasteiger partial charge in [0.25, 0.3) is 0 Å². The van der Waals surface area contributed by atoms with E-state index in [4.69, 9.17) is 5.26 Å². The normalized spacial score (nSPS) is 12.1. The molecule has 0 aliphatic rings. The second kappa shape index (κ2) is 10.8. The predicted molar refractivity (Wildman–Crippen MR) is 88.4 cm³/mol. The van der Waals surface area contributed by atoms with E-state index in [-0.39, 0.29) is 0 Å². The van der Waals surface area contributed by atoms with E-state index in [1.54, 1.807) is 6.08 Å². The Morgan fingerprint density at radius 2 is 1.79 bits per heavy atom. The van der Waals surface area contributed by atoms with Gasteiger partial charge >= 0.3 is 0 Å². The fourth-order valence-electron chi connectivity index (χ4n) is 1.75. The third-order valence-corrected chi connectivity index (χ3v) is 3.66. The molecule has 0 bridgehead atoms. The Morgan fingerprint density at radius 3 is 2.26 bits per heavy atom. The standard InChI is InChI=1S/C15H20NP.C2H6/c1-3-4-13-5-7-14(8-6-13)11-15(17)12(2)9-10-16;1-2/h5-9,15H,3-4,11,17H2,1-2H3;1-2H3/b12-9+;. The smallest absolute Gasteiger partial charge is 0.0911 e. The Kier molecular flexibility index (Phi) is 10.1. The number of allylic oxidation sites excluding steroid dienone is 2. The number of aryl methyl sites for hydroxylation is 1. The highest BCUT2D eigenvalue weighted by molar-refractivity contribution is 7.18. The maximum atomic E-state index is 8.61. The number of nitriles is 1. The maximum absolute atomic E-state index is 8.61. The molecule has 0 saturated carbocycles. The van der Waals surface area contributed by atoms with Gasteiger partial charge in [-0.1, -0.05) is 57.0 Å². The minimum Gasteiger partial charge on any atom is -0.193 e. The van der Waals surface area contributed by atoms with Gasteiger partial charge in [-0.2, -0.15) is 5.26 Å². The van der Waals surface area contributed by atoms with Crippen LogP contribution in [-0.2, 0) is 12.8 Å². The van der Waals surface area contributed by atoms with Gasteiger partial charge in [0.05, 0.1) is 6.07 Å². The van der Waals surface area contributed by atoms with Crippen molar-refractivity contribution >= 4 is 9.24 Å². The summed E-state index contributed by atoms with van der Waals surface area (Å²) in [4.78, 5) is 0. The van der Waals surface area contributed by atoms with Crippen molar-refractivity contribution < 1.29 is 0 Å². The Balaban J connectivity index is 0.00000154. The summed E-state index contributed by atoms with van der Waals surface area (Å²) >= 11 is 0. The van der Waals surface area contributed by atoms with Gasteiger partial charge in [0, 0.05) is 6.08 Å². The molecule has 0 aliphatic heterocycles. The lowest BCUT2D eigenvalue weighted by Gasteiger charge is -2.11. The Morgan fingerprint density at radius 1 is 1.26 bits per heavy atom. The van der Waals surface area contributed by atoms with Crippen LogP contribution >= 0.6 is 9.24 Å². The van der Waals surface area contributed by atoms with E-state index in [2.05, 4.69) is 46.5 Å². The summed E-state index contributed by atoms with van der Waals surface area (Å²) in [6.07, 6.45) is 4.94. The maximum Gasteiger partial charge on any atom is 0.0911 e. The molecule has 1 rings (SSSR count). The summed E-state index contributed by atoms with van der Waals surface area (Å²) in [5.74, 6) is 0. The van der Waals surface area contributed by atoms with E-state index >= 15 is 0 Å². The second-order valence-electron chi connectivity index (χ2n) is 4.39. The molecule has 1 aromatic carbocycles. The first-order valence-electron chi connectivity index (χ1n) is 7.07. The number of benzene rings is 1. The first kappa shape index (κ1) is 17.9.